The van der Waals surface area contributed by atoms with E-state index in [-0.39, 0.29) is 10.6 Å². The molecule has 4 nitrogen and oxygen atoms in total. The van der Waals surface area contributed by atoms with Crippen LogP contribution in [0.1, 0.15) is 35.4 Å². The number of allylic oxidation sites excluding steroid dienone is 1. The first kappa shape index (κ1) is 20.3. The van der Waals surface area contributed by atoms with Crippen LogP contribution in [0.5, 0.6) is 0 Å². The van der Waals surface area contributed by atoms with Crippen LogP contribution in [-0.4, -0.2) is 33.6 Å². The highest BCUT2D eigenvalue weighted by molar-refractivity contribution is 8.13. The third kappa shape index (κ3) is 4.15. The zero-order chi connectivity index (χ0) is 19.5. The number of ether oxygens (including phenoxy) is 1. The minimum Gasteiger partial charge on any atom is -0.384 e. The Hall–Kier alpha value is -0.960. The van der Waals surface area contributed by atoms with Gasteiger partial charge in [-0.2, -0.15) is 4.55 Å². The van der Waals surface area contributed by atoms with Crippen molar-refractivity contribution in [1.29, 1.82) is 0 Å². The second-order valence-corrected chi connectivity index (χ2v) is 11.1. The molecule has 2 aliphatic rings. The molecule has 0 spiro atoms. The van der Waals surface area contributed by atoms with E-state index in [2.05, 4.69) is 41.8 Å². The second-order valence-electron chi connectivity index (χ2n) is 6.88. The van der Waals surface area contributed by atoms with Gasteiger partial charge in [-0.1, -0.05) is 36.4 Å². The molecule has 4 unspecified atom stereocenters. The van der Waals surface area contributed by atoms with Gasteiger partial charge in [-0.25, -0.2) is 4.98 Å². The third-order valence-electron chi connectivity index (χ3n) is 4.97. The zero-order valence-corrected chi connectivity index (χ0v) is 18.2. The summed E-state index contributed by atoms with van der Waals surface area (Å²) in [5, 5.41) is 3.50. The van der Waals surface area contributed by atoms with Crippen LogP contribution in [0.15, 0.2) is 52.9 Å². The highest BCUT2D eigenvalue weighted by Crippen LogP contribution is 2.50. The van der Waals surface area contributed by atoms with Crippen molar-refractivity contribution in [3.05, 3.63) is 59.1 Å². The van der Waals surface area contributed by atoms with Gasteiger partial charge in [-0.3, -0.25) is 0 Å². The van der Waals surface area contributed by atoms with Crippen molar-refractivity contribution in [2.45, 2.75) is 33.7 Å². The number of rotatable bonds is 7. The van der Waals surface area contributed by atoms with E-state index < -0.39 is 11.2 Å². The molecular weight excluding hydrogens is 408 g/mol. The summed E-state index contributed by atoms with van der Waals surface area (Å²) in [6, 6.07) is 12.4. The van der Waals surface area contributed by atoms with Gasteiger partial charge in [0.1, 0.15) is 10.8 Å². The topological polar surface area (TPSA) is 68.4 Å². The molecule has 3 N–H and O–H groups in total. The molecule has 0 saturated heterocycles. The summed E-state index contributed by atoms with van der Waals surface area (Å²) >= 11 is 2.69. The molecule has 0 saturated carbocycles. The second kappa shape index (κ2) is 9.24. The summed E-state index contributed by atoms with van der Waals surface area (Å²) in [7, 11) is 1.69. The Bertz CT molecular complexity index is 839. The van der Waals surface area contributed by atoms with Crippen LogP contribution in [0.3, 0.4) is 0 Å². The summed E-state index contributed by atoms with van der Waals surface area (Å²) in [4.78, 5) is 4.99. The lowest BCUT2D eigenvalue weighted by atomic mass is 9.96. The minimum atomic E-state index is -0.776. The number of hydrogen-bond acceptors (Lipinski definition) is 6. The molecule has 7 heteroatoms. The first-order chi connectivity index (χ1) is 13.7. The van der Waals surface area contributed by atoms with Gasteiger partial charge in [0.25, 0.3) is 0 Å². The fraction of sp³-hybridized carbons (Fsp3) is 0.381. The van der Waals surface area contributed by atoms with E-state index in [4.69, 9.17) is 15.5 Å². The fourth-order valence-electron chi connectivity index (χ4n) is 3.57. The number of thioether (sulfide) groups is 2. The zero-order valence-electron chi connectivity index (χ0n) is 15.8. The highest BCUT2D eigenvalue weighted by atomic mass is 32.3. The molecule has 3 heterocycles. The van der Waals surface area contributed by atoms with Crippen LogP contribution in [-0.2, 0) is 15.9 Å². The van der Waals surface area contributed by atoms with Crippen LogP contribution in [0.4, 0.5) is 0 Å². The van der Waals surface area contributed by atoms with Crippen molar-refractivity contribution in [3.63, 3.8) is 0 Å². The van der Waals surface area contributed by atoms with Gasteiger partial charge in [0.15, 0.2) is 11.2 Å². The summed E-state index contributed by atoms with van der Waals surface area (Å²) in [6.45, 7) is 0.660. The van der Waals surface area contributed by atoms with Gasteiger partial charge >= 0.3 is 0 Å². The van der Waals surface area contributed by atoms with E-state index in [1.54, 1.807) is 18.9 Å². The number of nitrogens with two attached hydrogens (primary N) is 1. The van der Waals surface area contributed by atoms with E-state index in [1.807, 2.05) is 17.8 Å². The molecule has 2 aliphatic heterocycles. The average Bonchev–Trinajstić information content (AvgIpc) is 3.37. The number of hydrogen-bond donors (Lipinski definition) is 2. The first-order valence-corrected chi connectivity index (χ1v) is 12.6. The Morgan fingerprint density at radius 2 is 2.14 bits per heavy atom. The molecular formula is C21H25N2O2S3+. The molecule has 0 fully saturated rings. The molecule has 4 rings (SSSR count). The maximum Gasteiger partial charge on any atom is 0.220 e. The molecule has 28 heavy (non-hydrogen) atoms. The number of aromatic nitrogens is 1. The minimum absolute atomic E-state index is 0.0496. The summed E-state index contributed by atoms with van der Waals surface area (Å²) < 4.78 is 15.9. The quantitative estimate of drug-likeness (QED) is 0.473. The van der Waals surface area contributed by atoms with Crippen molar-refractivity contribution in [2.24, 2.45) is 5.73 Å². The number of benzene rings is 1. The van der Waals surface area contributed by atoms with Crippen LogP contribution in [0.2, 0.25) is 0 Å². The molecule has 0 amide bonds. The number of fused-ring (bicyclic) bond motifs is 1. The SMILES string of the molecule is COCCC[S+](O)C1Sc2nc(C3CC=CS3)cc(-c3ccccc3)c2C1N. The van der Waals surface area contributed by atoms with Gasteiger partial charge < -0.3 is 10.5 Å². The molecule has 148 valence electrons. The van der Waals surface area contributed by atoms with Crippen LogP contribution in [0, 0.1) is 0 Å². The normalized spacial score (nSPS) is 24.5. The van der Waals surface area contributed by atoms with Crippen molar-refractivity contribution in [3.8, 4) is 11.1 Å². The number of nitrogens with zero attached hydrogens (tertiary/aromatic N) is 1. The Labute approximate surface area is 177 Å². The van der Waals surface area contributed by atoms with Crippen molar-refractivity contribution < 1.29 is 9.29 Å². The smallest absolute Gasteiger partial charge is 0.220 e. The molecule has 1 aromatic carbocycles. The van der Waals surface area contributed by atoms with Crippen molar-refractivity contribution in [1.82, 2.24) is 4.98 Å². The van der Waals surface area contributed by atoms with Crippen LogP contribution < -0.4 is 5.73 Å². The van der Waals surface area contributed by atoms with E-state index in [0.717, 1.165) is 40.3 Å². The van der Waals surface area contributed by atoms with E-state index in [1.165, 1.54) is 0 Å². The molecule has 0 radical (unpaired) electrons. The third-order valence-corrected chi connectivity index (χ3v) is 9.64. The molecule has 0 aliphatic carbocycles. The lowest BCUT2D eigenvalue weighted by Crippen LogP contribution is -2.29. The lowest BCUT2D eigenvalue weighted by molar-refractivity contribution is 0.199. The van der Waals surface area contributed by atoms with Gasteiger partial charge in [0.05, 0.1) is 23.6 Å². The Balaban J connectivity index is 1.68. The van der Waals surface area contributed by atoms with Gasteiger partial charge in [-0.05, 0) is 40.8 Å². The predicted molar refractivity (Wildman–Crippen MR) is 122 cm³/mol. The summed E-state index contributed by atoms with van der Waals surface area (Å²) in [5.41, 5.74) is 11.2. The van der Waals surface area contributed by atoms with Gasteiger partial charge in [0, 0.05) is 19.1 Å². The highest BCUT2D eigenvalue weighted by Gasteiger charge is 2.46. The van der Waals surface area contributed by atoms with Gasteiger partial charge in [-0.15, -0.1) is 11.8 Å². The van der Waals surface area contributed by atoms with Gasteiger partial charge in [0.2, 0.25) is 4.58 Å². The predicted octanol–water partition coefficient (Wildman–Crippen LogP) is 5.00. The van der Waals surface area contributed by atoms with Crippen LogP contribution >= 0.6 is 23.5 Å². The largest absolute Gasteiger partial charge is 0.384 e. The van der Waals surface area contributed by atoms with Crippen LogP contribution in [0.25, 0.3) is 11.1 Å². The molecule has 1 aromatic heterocycles. The molecule has 4 atom stereocenters. The maximum atomic E-state index is 10.8. The number of pyridine rings is 1. The van der Waals surface area contributed by atoms with E-state index >= 15 is 0 Å². The van der Waals surface area contributed by atoms with E-state index in [0.29, 0.717) is 17.6 Å². The lowest BCUT2D eigenvalue weighted by Gasteiger charge is -2.16. The number of methoxy groups -OCH3 is 1. The standard InChI is InChI=1S/C21H25N2O2S3/c1-25-10-6-12-28(24)21-19(22)18-15(14-7-3-2-4-8-14)13-16(23-20(18)27-21)17-9-5-11-26-17/h2-5,7-8,11,13,17,19,21,24H,6,9-10,12,22H2,1H3/q+1. The average molecular weight is 434 g/mol. The Morgan fingerprint density at radius 1 is 1.32 bits per heavy atom. The monoisotopic (exact) mass is 433 g/mol. The first-order valence-electron chi connectivity index (χ1n) is 9.39. The van der Waals surface area contributed by atoms with E-state index in [9.17, 15) is 4.55 Å². The summed E-state index contributed by atoms with van der Waals surface area (Å²) in [5.74, 6) is 0.711. The maximum absolute atomic E-state index is 10.8. The fourth-order valence-corrected chi connectivity index (χ4v) is 7.63. The Kier molecular flexibility index (Phi) is 6.70. The molecule has 0 bridgehead atoms. The van der Waals surface area contributed by atoms with Crippen molar-refractivity contribution in [2.75, 3.05) is 19.5 Å². The van der Waals surface area contributed by atoms with Crippen molar-refractivity contribution >= 4 is 34.7 Å². The molecule has 2 aromatic rings. The Morgan fingerprint density at radius 3 is 2.86 bits per heavy atom. The summed E-state index contributed by atoms with van der Waals surface area (Å²) in [6.07, 6.45) is 4.05.